The molecule has 0 aliphatic heterocycles. The molecule has 3 nitrogen and oxygen atoms in total. The van der Waals surface area contributed by atoms with Crippen LogP contribution in [0.2, 0.25) is 0 Å². The van der Waals surface area contributed by atoms with E-state index in [2.05, 4.69) is 6.58 Å². The highest BCUT2D eigenvalue weighted by Crippen LogP contribution is 2.31. The van der Waals surface area contributed by atoms with Gasteiger partial charge in [0.2, 0.25) is 0 Å². The maximum atomic E-state index is 9.19. The Balaban J connectivity index is 2.70. The van der Waals surface area contributed by atoms with E-state index >= 15 is 0 Å². The summed E-state index contributed by atoms with van der Waals surface area (Å²) in [7, 11) is 1.59. The Labute approximate surface area is 96.3 Å². The van der Waals surface area contributed by atoms with Gasteiger partial charge in [0.05, 0.1) is 20.3 Å². The van der Waals surface area contributed by atoms with Crippen LogP contribution >= 0.6 is 0 Å². The minimum Gasteiger partial charge on any atom is -0.493 e. The van der Waals surface area contributed by atoms with Crippen molar-refractivity contribution in [1.82, 2.24) is 0 Å². The Morgan fingerprint density at radius 3 is 2.88 bits per heavy atom. The van der Waals surface area contributed by atoms with Gasteiger partial charge in [-0.1, -0.05) is 18.2 Å². The van der Waals surface area contributed by atoms with Crippen molar-refractivity contribution >= 4 is 0 Å². The van der Waals surface area contributed by atoms with E-state index in [0.29, 0.717) is 18.1 Å². The van der Waals surface area contributed by atoms with E-state index < -0.39 is 0 Å². The number of rotatable bonds is 7. The summed E-state index contributed by atoms with van der Waals surface area (Å²) in [6, 6.07) is 5.48. The Hall–Kier alpha value is -1.48. The van der Waals surface area contributed by atoms with Gasteiger partial charge < -0.3 is 14.6 Å². The lowest BCUT2D eigenvalue weighted by molar-refractivity contribution is 0.253. The second-order valence-electron chi connectivity index (χ2n) is 3.39. The molecule has 0 amide bonds. The third kappa shape index (κ3) is 3.28. The zero-order valence-electron chi connectivity index (χ0n) is 9.61. The van der Waals surface area contributed by atoms with Crippen LogP contribution < -0.4 is 9.47 Å². The van der Waals surface area contributed by atoms with Gasteiger partial charge in [0.25, 0.3) is 0 Å². The van der Waals surface area contributed by atoms with Crippen LogP contribution in [0, 0.1) is 0 Å². The van der Waals surface area contributed by atoms with Crippen molar-refractivity contribution < 1.29 is 14.6 Å². The van der Waals surface area contributed by atoms with Crippen molar-refractivity contribution in [3.8, 4) is 11.5 Å². The molecule has 3 heteroatoms. The molecule has 1 N–H and O–H groups in total. The van der Waals surface area contributed by atoms with Crippen molar-refractivity contribution in [2.75, 3.05) is 13.7 Å². The van der Waals surface area contributed by atoms with E-state index in [4.69, 9.17) is 9.47 Å². The summed E-state index contributed by atoms with van der Waals surface area (Å²) >= 11 is 0. The average molecular weight is 222 g/mol. The van der Waals surface area contributed by atoms with Gasteiger partial charge in [0, 0.05) is 5.56 Å². The first kappa shape index (κ1) is 12.6. The van der Waals surface area contributed by atoms with Crippen molar-refractivity contribution in [1.29, 1.82) is 0 Å². The lowest BCUT2D eigenvalue weighted by atomic mass is 10.2. The third-order valence-corrected chi connectivity index (χ3v) is 2.25. The molecular formula is C13H18O3. The first-order valence-corrected chi connectivity index (χ1v) is 5.34. The van der Waals surface area contributed by atoms with E-state index in [1.54, 1.807) is 7.11 Å². The maximum absolute atomic E-state index is 9.19. The predicted molar refractivity (Wildman–Crippen MR) is 63.8 cm³/mol. The van der Waals surface area contributed by atoms with Crippen molar-refractivity contribution in [2.24, 2.45) is 0 Å². The second kappa shape index (κ2) is 6.90. The summed E-state index contributed by atoms with van der Waals surface area (Å²) in [6.45, 7) is 4.20. The molecule has 1 aromatic carbocycles. The van der Waals surface area contributed by atoms with E-state index in [0.717, 1.165) is 18.4 Å². The lowest BCUT2D eigenvalue weighted by Gasteiger charge is -2.13. The van der Waals surface area contributed by atoms with E-state index in [1.165, 1.54) is 0 Å². The highest BCUT2D eigenvalue weighted by atomic mass is 16.5. The highest BCUT2D eigenvalue weighted by Gasteiger charge is 2.09. The number of aliphatic hydroxyl groups is 1. The van der Waals surface area contributed by atoms with Crippen LogP contribution in [0.25, 0.3) is 0 Å². The van der Waals surface area contributed by atoms with Crippen LogP contribution in [0.4, 0.5) is 0 Å². The molecule has 1 rings (SSSR count). The second-order valence-corrected chi connectivity index (χ2v) is 3.39. The van der Waals surface area contributed by atoms with E-state index in [9.17, 15) is 5.11 Å². The number of para-hydroxylation sites is 1. The molecule has 0 heterocycles. The molecule has 0 spiro atoms. The first-order chi connectivity index (χ1) is 7.83. The average Bonchev–Trinajstić information content (AvgIpc) is 2.34. The van der Waals surface area contributed by atoms with Gasteiger partial charge in [-0.25, -0.2) is 0 Å². The van der Waals surface area contributed by atoms with Crippen LogP contribution in [-0.2, 0) is 6.61 Å². The topological polar surface area (TPSA) is 38.7 Å². The summed E-state index contributed by atoms with van der Waals surface area (Å²) < 4.78 is 10.8. The summed E-state index contributed by atoms with van der Waals surface area (Å²) in [5.74, 6) is 1.29. The molecule has 0 fully saturated rings. The van der Waals surface area contributed by atoms with Crippen LogP contribution in [-0.4, -0.2) is 18.8 Å². The van der Waals surface area contributed by atoms with Gasteiger partial charge in [-0.05, 0) is 18.9 Å². The number of ether oxygens (including phenoxy) is 2. The van der Waals surface area contributed by atoms with Gasteiger partial charge in [-0.3, -0.25) is 0 Å². The molecule has 0 aromatic heterocycles. The van der Waals surface area contributed by atoms with Gasteiger partial charge in [0.15, 0.2) is 11.5 Å². The molecule has 16 heavy (non-hydrogen) atoms. The predicted octanol–water partition coefficient (Wildman–Crippen LogP) is 2.53. The maximum Gasteiger partial charge on any atom is 0.166 e. The highest BCUT2D eigenvalue weighted by molar-refractivity contribution is 5.46. The van der Waals surface area contributed by atoms with Crippen molar-refractivity contribution in [3.05, 3.63) is 36.4 Å². The molecule has 0 bridgehead atoms. The van der Waals surface area contributed by atoms with Gasteiger partial charge in [0.1, 0.15) is 0 Å². The Morgan fingerprint density at radius 2 is 2.25 bits per heavy atom. The molecule has 0 aliphatic carbocycles. The number of hydrogen-bond acceptors (Lipinski definition) is 3. The lowest BCUT2D eigenvalue weighted by Crippen LogP contribution is -2.02. The monoisotopic (exact) mass is 222 g/mol. The van der Waals surface area contributed by atoms with Crippen LogP contribution in [0.15, 0.2) is 30.9 Å². The fourth-order valence-electron chi connectivity index (χ4n) is 1.41. The third-order valence-electron chi connectivity index (χ3n) is 2.25. The van der Waals surface area contributed by atoms with Gasteiger partial charge >= 0.3 is 0 Å². The zero-order chi connectivity index (χ0) is 11.8. The SMILES string of the molecule is C=CCCCOc1c(CO)cccc1OC. The fraction of sp³-hybridized carbons (Fsp3) is 0.385. The number of unbranched alkanes of at least 4 members (excludes halogenated alkanes) is 1. The zero-order valence-corrected chi connectivity index (χ0v) is 9.61. The molecule has 1 aromatic rings. The largest absolute Gasteiger partial charge is 0.493 e. The number of methoxy groups -OCH3 is 1. The Bertz CT molecular complexity index is 312. The van der Waals surface area contributed by atoms with Crippen LogP contribution in [0.3, 0.4) is 0 Å². The molecule has 0 radical (unpaired) electrons. The van der Waals surface area contributed by atoms with E-state index in [-0.39, 0.29) is 6.61 Å². The Morgan fingerprint density at radius 1 is 1.44 bits per heavy atom. The van der Waals surface area contributed by atoms with Gasteiger partial charge in [-0.15, -0.1) is 6.58 Å². The molecule has 0 atom stereocenters. The molecule has 0 aliphatic rings. The number of aliphatic hydroxyl groups excluding tert-OH is 1. The summed E-state index contributed by atoms with van der Waals surface area (Å²) in [4.78, 5) is 0. The Kier molecular flexibility index (Phi) is 5.43. The molecule has 0 saturated carbocycles. The minimum atomic E-state index is -0.0476. The van der Waals surface area contributed by atoms with Gasteiger partial charge in [-0.2, -0.15) is 0 Å². The number of hydrogen-bond donors (Lipinski definition) is 1. The molecule has 0 saturated heterocycles. The van der Waals surface area contributed by atoms with E-state index in [1.807, 2.05) is 24.3 Å². The summed E-state index contributed by atoms with van der Waals surface area (Å²) in [6.07, 6.45) is 3.69. The fourth-order valence-corrected chi connectivity index (χ4v) is 1.41. The standard InChI is InChI=1S/C13H18O3/c1-3-4-5-9-16-13-11(10-14)7-6-8-12(13)15-2/h3,6-8,14H,1,4-5,9-10H2,2H3. The smallest absolute Gasteiger partial charge is 0.166 e. The summed E-state index contributed by atoms with van der Waals surface area (Å²) in [5, 5.41) is 9.19. The number of allylic oxidation sites excluding steroid dienone is 1. The minimum absolute atomic E-state index is 0.0476. The molecule has 88 valence electrons. The van der Waals surface area contributed by atoms with Crippen LogP contribution in [0.1, 0.15) is 18.4 Å². The normalized spacial score (nSPS) is 9.88. The van der Waals surface area contributed by atoms with Crippen molar-refractivity contribution in [3.63, 3.8) is 0 Å². The quantitative estimate of drug-likeness (QED) is 0.569. The molecular weight excluding hydrogens is 204 g/mol. The molecule has 0 unspecified atom stereocenters. The summed E-state index contributed by atoms with van der Waals surface area (Å²) in [5.41, 5.74) is 0.748. The van der Waals surface area contributed by atoms with Crippen LogP contribution in [0.5, 0.6) is 11.5 Å². The first-order valence-electron chi connectivity index (χ1n) is 5.34. The number of benzene rings is 1. The van der Waals surface area contributed by atoms with Crippen molar-refractivity contribution in [2.45, 2.75) is 19.4 Å².